The van der Waals surface area contributed by atoms with Crippen LogP contribution in [0.1, 0.15) is 56.2 Å². The van der Waals surface area contributed by atoms with E-state index in [2.05, 4.69) is 47.9 Å². The Labute approximate surface area is 127 Å². The second kappa shape index (κ2) is 5.02. The summed E-state index contributed by atoms with van der Waals surface area (Å²) >= 11 is 0. The van der Waals surface area contributed by atoms with Crippen LogP contribution in [-0.2, 0) is 13.0 Å². The Bertz CT molecular complexity index is 622. The average molecular weight is 286 g/mol. The number of fused-ring (bicyclic) bond motifs is 1. The van der Waals surface area contributed by atoms with Gasteiger partial charge in [0.15, 0.2) is 0 Å². The van der Waals surface area contributed by atoms with Crippen molar-refractivity contribution < 1.29 is 0 Å². The highest BCUT2D eigenvalue weighted by molar-refractivity contribution is 5.34. The maximum Gasteiger partial charge on any atom is 0.0946 e. The van der Waals surface area contributed by atoms with Crippen molar-refractivity contribution in [2.24, 2.45) is 11.1 Å². The van der Waals surface area contributed by atoms with E-state index in [0.29, 0.717) is 6.04 Å². The Balaban J connectivity index is 1.96. The van der Waals surface area contributed by atoms with E-state index >= 15 is 0 Å². The van der Waals surface area contributed by atoms with Crippen molar-refractivity contribution in [3.05, 3.63) is 41.7 Å². The molecule has 2 heterocycles. The number of rotatable bonds is 3. The highest BCUT2D eigenvalue weighted by Crippen LogP contribution is 2.41. The molecule has 3 rings (SSSR count). The van der Waals surface area contributed by atoms with Crippen molar-refractivity contribution in [2.75, 3.05) is 0 Å². The Morgan fingerprint density at radius 3 is 2.90 bits per heavy atom. The van der Waals surface area contributed by atoms with Crippen molar-refractivity contribution in [1.29, 1.82) is 0 Å². The van der Waals surface area contributed by atoms with Crippen molar-refractivity contribution >= 4 is 0 Å². The van der Waals surface area contributed by atoms with Gasteiger partial charge in [0, 0.05) is 42.4 Å². The standard InChI is InChI=1S/C17H26N4/c1-12-7-14-15(18)8-17(3,4)9-16(14)21(12)13(2)10-20-6-5-19-11-20/h5-7,11,13,15H,8-10,18H2,1-4H3. The number of imidazole rings is 1. The lowest BCUT2D eigenvalue weighted by Gasteiger charge is -2.35. The zero-order valence-electron chi connectivity index (χ0n) is 13.5. The lowest BCUT2D eigenvalue weighted by molar-refractivity contribution is 0.270. The van der Waals surface area contributed by atoms with Crippen LogP contribution in [0, 0.1) is 12.3 Å². The molecule has 0 radical (unpaired) electrons. The third kappa shape index (κ3) is 2.64. The van der Waals surface area contributed by atoms with E-state index in [1.165, 1.54) is 17.0 Å². The minimum atomic E-state index is 0.171. The molecule has 0 saturated heterocycles. The first-order valence-corrected chi connectivity index (χ1v) is 7.79. The molecule has 2 aromatic rings. The van der Waals surface area contributed by atoms with Gasteiger partial charge in [-0.25, -0.2) is 4.98 Å². The molecule has 2 atom stereocenters. The van der Waals surface area contributed by atoms with Crippen molar-refractivity contribution in [3.8, 4) is 0 Å². The fourth-order valence-corrected chi connectivity index (χ4v) is 3.86. The van der Waals surface area contributed by atoms with Crippen LogP contribution in [0.5, 0.6) is 0 Å². The van der Waals surface area contributed by atoms with E-state index in [0.717, 1.165) is 19.4 Å². The predicted octanol–water partition coefficient (Wildman–Crippen LogP) is 3.23. The molecule has 2 N–H and O–H groups in total. The van der Waals surface area contributed by atoms with Crippen LogP contribution >= 0.6 is 0 Å². The van der Waals surface area contributed by atoms with E-state index in [-0.39, 0.29) is 11.5 Å². The van der Waals surface area contributed by atoms with Gasteiger partial charge < -0.3 is 14.9 Å². The topological polar surface area (TPSA) is 48.8 Å². The van der Waals surface area contributed by atoms with Gasteiger partial charge in [-0.05, 0) is 43.7 Å². The molecule has 1 aliphatic rings. The quantitative estimate of drug-likeness (QED) is 0.941. The van der Waals surface area contributed by atoms with Crippen LogP contribution < -0.4 is 5.73 Å². The molecule has 0 aromatic carbocycles. The fraction of sp³-hybridized carbons (Fsp3) is 0.588. The summed E-state index contributed by atoms with van der Waals surface area (Å²) in [4.78, 5) is 4.14. The summed E-state index contributed by atoms with van der Waals surface area (Å²) in [5.74, 6) is 0. The van der Waals surface area contributed by atoms with Gasteiger partial charge in [0.2, 0.25) is 0 Å². The minimum absolute atomic E-state index is 0.171. The third-order valence-electron chi connectivity index (χ3n) is 4.66. The number of aryl methyl sites for hydroxylation is 1. The molecule has 4 nitrogen and oxygen atoms in total. The van der Waals surface area contributed by atoms with Gasteiger partial charge >= 0.3 is 0 Å². The fourth-order valence-electron chi connectivity index (χ4n) is 3.86. The Hall–Kier alpha value is -1.55. The zero-order chi connectivity index (χ0) is 15.2. The largest absolute Gasteiger partial charge is 0.344 e. The number of hydrogen-bond acceptors (Lipinski definition) is 2. The first kappa shape index (κ1) is 14.4. The molecule has 0 bridgehead atoms. The van der Waals surface area contributed by atoms with Gasteiger partial charge in [-0.3, -0.25) is 0 Å². The van der Waals surface area contributed by atoms with E-state index < -0.39 is 0 Å². The number of hydrogen-bond donors (Lipinski definition) is 1. The normalized spacial score (nSPS) is 22.0. The summed E-state index contributed by atoms with van der Waals surface area (Å²) in [7, 11) is 0. The summed E-state index contributed by atoms with van der Waals surface area (Å²) in [6.45, 7) is 10.1. The first-order valence-electron chi connectivity index (χ1n) is 7.79. The maximum absolute atomic E-state index is 6.41. The molecule has 0 saturated carbocycles. The van der Waals surface area contributed by atoms with Gasteiger partial charge in [-0.2, -0.15) is 0 Å². The van der Waals surface area contributed by atoms with Gasteiger partial charge in [0.25, 0.3) is 0 Å². The van der Waals surface area contributed by atoms with Crippen LogP contribution in [0.4, 0.5) is 0 Å². The van der Waals surface area contributed by atoms with Crippen molar-refractivity contribution in [2.45, 2.75) is 59.2 Å². The molecular formula is C17H26N4. The molecule has 0 spiro atoms. The summed E-state index contributed by atoms with van der Waals surface area (Å²) in [6.07, 6.45) is 7.93. The van der Waals surface area contributed by atoms with Crippen LogP contribution in [-0.4, -0.2) is 14.1 Å². The van der Waals surface area contributed by atoms with Crippen LogP contribution in [0.25, 0.3) is 0 Å². The van der Waals surface area contributed by atoms with Gasteiger partial charge in [0.1, 0.15) is 0 Å². The molecule has 2 aromatic heterocycles. The molecule has 1 aliphatic carbocycles. The summed E-state index contributed by atoms with van der Waals surface area (Å²) in [5, 5.41) is 0. The molecule has 2 unspecified atom stereocenters. The second-order valence-corrected chi connectivity index (χ2v) is 7.32. The second-order valence-electron chi connectivity index (χ2n) is 7.32. The third-order valence-corrected chi connectivity index (χ3v) is 4.66. The van der Waals surface area contributed by atoms with Gasteiger partial charge in [0.05, 0.1) is 6.33 Å². The van der Waals surface area contributed by atoms with Gasteiger partial charge in [-0.15, -0.1) is 0 Å². The number of nitrogens with zero attached hydrogens (tertiary/aromatic N) is 3. The smallest absolute Gasteiger partial charge is 0.0946 e. The molecule has 0 aliphatic heterocycles. The van der Waals surface area contributed by atoms with Crippen LogP contribution in [0.2, 0.25) is 0 Å². The molecule has 21 heavy (non-hydrogen) atoms. The monoisotopic (exact) mass is 286 g/mol. The van der Waals surface area contributed by atoms with E-state index in [1.54, 1.807) is 0 Å². The van der Waals surface area contributed by atoms with E-state index in [4.69, 9.17) is 5.73 Å². The first-order chi connectivity index (χ1) is 9.87. The SMILES string of the molecule is Cc1cc2c(n1C(C)Cn1ccnc1)CC(C)(C)CC2N. The molecule has 0 amide bonds. The summed E-state index contributed by atoms with van der Waals surface area (Å²) in [5.41, 5.74) is 10.8. The van der Waals surface area contributed by atoms with E-state index in [9.17, 15) is 0 Å². The Morgan fingerprint density at radius 1 is 1.48 bits per heavy atom. The summed E-state index contributed by atoms with van der Waals surface area (Å²) in [6, 6.07) is 2.87. The molecule has 114 valence electrons. The minimum Gasteiger partial charge on any atom is -0.344 e. The number of aromatic nitrogens is 3. The molecular weight excluding hydrogens is 260 g/mol. The maximum atomic E-state index is 6.41. The predicted molar refractivity (Wildman–Crippen MR) is 85.1 cm³/mol. The highest BCUT2D eigenvalue weighted by atomic mass is 15.1. The zero-order valence-corrected chi connectivity index (χ0v) is 13.5. The van der Waals surface area contributed by atoms with Crippen LogP contribution in [0.15, 0.2) is 24.8 Å². The average Bonchev–Trinajstić information content (AvgIpc) is 2.95. The van der Waals surface area contributed by atoms with E-state index in [1.807, 2.05) is 18.7 Å². The Morgan fingerprint density at radius 2 is 2.24 bits per heavy atom. The number of nitrogens with two attached hydrogens (primary N) is 1. The summed E-state index contributed by atoms with van der Waals surface area (Å²) < 4.78 is 4.63. The van der Waals surface area contributed by atoms with Crippen LogP contribution in [0.3, 0.4) is 0 Å². The molecule has 0 fully saturated rings. The highest BCUT2D eigenvalue weighted by Gasteiger charge is 2.34. The lowest BCUT2D eigenvalue weighted by Crippen LogP contribution is -2.31. The van der Waals surface area contributed by atoms with Crippen molar-refractivity contribution in [3.63, 3.8) is 0 Å². The van der Waals surface area contributed by atoms with Gasteiger partial charge in [-0.1, -0.05) is 13.8 Å². The lowest BCUT2D eigenvalue weighted by atomic mass is 9.74. The Kier molecular flexibility index (Phi) is 3.44. The molecule has 4 heteroatoms. The van der Waals surface area contributed by atoms with Crippen molar-refractivity contribution in [1.82, 2.24) is 14.1 Å².